The number of nitrogens with zero attached hydrogens (tertiary/aromatic N) is 3. The first kappa shape index (κ1) is 21.0. The minimum absolute atomic E-state index is 0.0412. The molecule has 0 unspecified atom stereocenters. The number of carbonyl (C=O) groups excluding carboxylic acids is 1. The van der Waals surface area contributed by atoms with E-state index in [1.54, 1.807) is 36.2 Å². The fourth-order valence-electron chi connectivity index (χ4n) is 4.43. The maximum absolute atomic E-state index is 13.9. The second kappa shape index (κ2) is 8.13. The molecule has 0 saturated heterocycles. The summed E-state index contributed by atoms with van der Waals surface area (Å²) in [7, 11) is 1.68. The van der Waals surface area contributed by atoms with Crippen LogP contribution in [-0.2, 0) is 0 Å². The van der Waals surface area contributed by atoms with Crippen LogP contribution >= 0.6 is 11.6 Å². The molecule has 4 rings (SSSR count). The summed E-state index contributed by atoms with van der Waals surface area (Å²) in [6, 6.07) is 6.52. The predicted octanol–water partition coefficient (Wildman–Crippen LogP) is 5.60. The predicted molar refractivity (Wildman–Crippen MR) is 109 cm³/mol. The zero-order valence-electron chi connectivity index (χ0n) is 16.6. The molecule has 2 atom stereocenters. The van der Waals surface area contributed by atoms with E-state index in [1.807, 2.05) is 6.07 Å². The molecule has 1 aliphatic carbocycles. The first-order chi connectivity index (χ1) is 14.3. The van der Waals surface area contributed by atoms with Crippen LogP contribution < -0.4 is 5.32 Å². The van der Waals surface area contributed by atoms with E-state index in [0.29, 0.717) is 0 Å². The number of amides is 1. The monoisotopic (exact) mass is 440 g/mol. The van der Waals surface area contributed by atoms with Gasteiger partial charge in [0.25, 0.3) is 5.91 Å². The molecule has 5 nitrogen and oxygen atoms in total. The highest BCUT2D eigenvalue weighted by Crippen LogP contribution is 2.46. The topological polar surface area (TPSA) is 50.2 Å². The highest BCUT2D eigenvalue weighted by molar-refractivity contribution is 6.36. The molecular weight excluding hydrogens is 417 g/mol. The van der Waals surface area contributed by atoms with Crippen molar-refractivity contribution in [2.45, 2.75) is 62.8 Å². The van der Waals surface area contributed by atoms with Gasteiger partial charge in [0.05, 0.1) is 6.04 Å². The number of rotatable bonds is 3. The summed E-state index contributed by atoms with van der Waals surface area (Å²) in [6.45, 7) is 0. The van der Waals surface area contributed by atoms with Gasteiger partial charge in [0.15, 0.2) is 11.7 Å². The molecule has 1 saturated carbocycles. The Morgan fingerprint density at radius 3 is 2.50 bits per heavy atom. The summed E-state index contributed by atoms with van der Waals surface area (Å²) in [6.07, 6.45) is 0.216. The van der Waals surface area contributed by atoms with E-state index in [9.17, 15) is 18.0 Å². The minimum Gasteiger partial charge on any atom is -0.362 e. The normalized spacial score (nSPS) is 22.3. The van der Waals surface area contributed by atoms with Gasteiger partial charge in [0.1, 0.15) is 10.8 Å². The fourth-order valence-corrected chi connectivity index (χ4v) is 4.69. The van der Waals surface area contributed by atoms with Crippen LogP contribution in [0.1, 0.15) is 66.7 Å². The molecule has 2 aromatic rings. The summed E-state index contributed by atoms with van der Waals surface area (Å²) >= 11 is 6.43. The smallest absolute Gasteiger partial charge is 0.362 e. The zero-order chi connectivity index (χ0) is 21.5. The number of alkyl halides is 3. The number of carbonyl (C=O) groups is 1. The van der Waals surface area contributed by atoms with Gasteiger partial charge in [-0.1, -0.05) is 61.2 Å². The molecule has 162 valence electrons. The van der Waals surface area contributed by atoms with Crippen molar-refractivity contribution in [3.05, 3.63) is 46.6 Å². The van der Waals surface area contributed by atoms with Gasteiger partial charge in [-0.3, -0.25) is 4.79 Å². The average molecular weight is 441 g/mol. The van der Waals surface area contributed by atoms with E-state index in [0.717, 1.165) is 42.3 Å². The van der Waals surface area contributed by atoms with Crippen LogP contribution in [0.5, 0.6) is 0 Å². The lowest BCUT2D eigenvalue weighted by atomic mass is 9.94. The van der Waals surface area contributed by atoms with Gasteiger partial charge in [-0.05, 0) is 18.4 Å². The third-order valence-electron chi connectivity index (χ3n) is 6.14. The Morgan fingerprint density at radius 1 is 1.20 bits per heavy atom. The van der Waals surface area contributed by atoms with Gasteiger partial charge in [-0.15, -0.1) is 0 Å². The van der Waals surface area contributed by atoms with Crippen molar-refractivity contribution in [1.82, 2.24) is 14.7 Å². The van der Waals surface area contributed by atoms with Gasteiger partial charge >= 0.3 is 6.18 Å². The highest BCUT2D eigenvalue weighted by Gasteiger charge is 2.48. The van der Waals surface area contributed by atoms with Crippen molar-refractivity contribution < 1.29 is 18.0 Å². The highest BCUT2D eigenvalue weighted by atomic mass is 35.5. The second-order valence-corrected chi connectivity index (χ2v) is 8.44. The molecular formula is C21H24ClF3N4O. The number of fused-ring (bicyclic) bond motifs is 1. The van der Waals surface area contributed by atoms with E-state index >= 15 is 0 Å². The van der Waals surface area contributed by atoms with Crippen LogP contribution in [0.25, 0.3) is 0 Å². The van der Waals surface area contributed by atoms with Crippen LogP contribution in [0.15, 0.2) is 30.3 Å². The van der Waals surface area contributed by atoms with Crippen molar-refractivity contribution in [2.75, 3.05) is 12.4 Å². The third kappa shape index (κ3) is 3.89. The molecule has 0 radical (unpaired) electrons. The molecule has 1 amide bonds. The van der Waals surface area contributed by atoms with E-state index in [4.69, 9.17) is 11.6 Å². The maximum atomic E-state index is 13.9. The molecule has 2 aliphatic rings. The molecule has 1 aromatic heterocycles. The number of anilines is 1. The van der Waals surface area contributed by atoms with E-state index in [1.165, 1.54) is 0 Å². The SMILES string of the molecule is CN(C(=O)c1nn2c(c1Cl)N[C@@H](c1ccccc1)C[C@H]2C(F)(F)F)C1CCCCC1. The minimum atomic E-state index is -4.52. The van der Waals surface area contributed by atoms with Crippen molar-refractivity contribution in [2.24, 2.45) is 0 Å². The molecule has 0 spiro atoms. The molecule has 0 bridgehead atoms. The van der Waals surface area contributed by atoms with Crippen LogP contribution in [-0.4, -0.2) is 39.9 Å². The lowest BCUT2D eigenvalue weighted by Gasteiger charge is -2.33. The maximum Gasteiger partial charge on any atom is 0.410 e. The van der Waals surface area contributed by atoms with Crippen molar-refractivity contribution in [1.29, 1.82) is 0 Å². The molecule has 1 fully saturated rings. The summed E-state index contributed by atoms with van der Waals surface area (Å²) < 4.78 is 42.5. The van der Waals surface area contributed by atoms with Crippen LogP contribution in [0.4, 0.5) is 19.0 Å². The summed E-state index contributed by atoms with van der Waals surface area (Å²) in [4.78, 5) is 14.6. The number of hydrogen-bond donors (Lipinski definition) is 1. The Kier molecular flexibility index (Phi) is 5.70. The van der Waals surface area contributed by atoms with E-state index < -0.39 is 24.2 Å². The van der Waals surface area contributed by atoms with Crippen LogP contribution in [0, 0.1) is 0 Å². The number of aromatic nitrogens is 2. The van der Waals surface area contributed by atoms with Gasteiger partial charge in [0, 0.05) is 19.5 Å². The Hall–Kier alpha value is -2.22. The van der Waals surface area contributed by atoms with Crippen molar-refractivity contribution >= 4 is 23.3 Å². The van der Waals surface area contributed by atoms with E-state index in [-0.39, 0.29) is 29.0 Å². The molecule has 1 aromatic carbocycles. The van der Waals surface area contributed by atoms with Crippen LogP contribution in [0.2, 0.25) is 5.02 Å². The molecule has 9 heteroatoms. The molecule has 1 N–H and O–H groups in total. The third-order valence-corrected chi connectivity index (χ3v) is 6.50. The Balaban J connectivity index is 1.69. The van der Waals surface area contributed by atoms with Gasteiger partial charge < -0.3 is 10.2 Å². The number of nitrogens with one attached hydrogen (secondary N) is 1. The molecule has 2 heterocycles. The number of hydrogen-bond acceptors (Lipinski definition) is 3. The average Bonchev–Trinajstić information content (AvgIpc) is 3.09. The summed E-state index contributed by atoms with van der Waals surface area (Å²) in [5.41, 5.74) is 0.595. The standard InChI is InChI=1S/C21H24ClF3N4O/c1-28(14-10-6-3-7-11-14)20(30)18-17(22)19-26-15(13-8-4-2-5-9-13)12-16(21(23,24)25)29(19)27-18/h2,4-5,8-9,14-16,26H,3,6-7,10-12H2,1H3/t15-,16+/m1/s1. The fraction of sp³-hybridized carbons (Fsp3) is 0.524. The molecule has 1 aliphatic heterocycles. The number of halogens is 4. The first-order valence-corrected chi connectivity index (χ1v) is 10.6. The van der Waals surface area contributed by atoms with Gasteiger partial charge in [-0.25, -0.2) is 4.68 Å². The quantitative estimate of drug-likeness (QED) is 0.675. The van der Waals surface area contributed by atoms with Gasteiger partial charge in [-0.2, -0.15) is 18.3 Å². The lowest BCUT2D eigenvalue weighted by Crippen LogP contribution is -2.39. The summed E-state index contributed by atoms with van der Waals surface area (Å²) in [5.74, 6) is -0.396. The summed E-state index contributed by atoms with van der Waals surface area (Å²) in [5, 5.41) is 7.07. The second-order valence-electron chi connectivity index (χ2n) is 8.06. The lowest BCUT2D eigenvalue weighted by molar-refractivity contribution is -0.173. The number of benzene rings is 1. The van der Waals surface area contributed by atoms with Crippen LogP contribution in [0.3, 0.4) is 0 Å². The molecule has 30 heavy (non-hydrogen) atoms. The Bertz CT molecular complexity index is 909. The first-order valence-electron chi connectivity index (χ1n) is 10.2. The van der Waals surface area contributed by atoms with E-state index in [2.05, 4.69) is 10.4 Å². The largest absolute Gasteiger partial charge is 0.410 e. The van der Waals surface area contributed by atoms with Crippen molar-refractivity contribution in [3.63, 3.8) is 0 Å². The Labute approximate surface area is 178 Å². The van der Waals surface area contributed by atoms with Crippen molar-refractivity contribution in [3.8, 4) is 0 Å². The Morgan fingerprint density at radius 2 is 1.87 bits per heavy atom. The van der Waals surface area contributed by atoms with Gasteiger partial charge in [0.2, 0.25) is 0 Å². The zero-order valence-corrected chi connectivity index (χ0v) is 17.4.